The average molecular weight is 330 g/mol. The predicted octanol–water partition coefficient (Wildman–Crippen LogP) is 3.28. The van der Waals surface area contributed by atoms with Crippen LogP contribution in [-0.4, -0.2) is 25.3 Å². The molecule has 2 aromatic carbocycles. The molecule has 6 heteroatoms. The Balaban J connectivity index is 2.31. The van der Waals surface area contributed by atoms with Crippen molar-refractivity contribution in [1.29, 1.82) is 0 Å². The van der Waals surface area contributed by atoms with Crippen LogP contribution >= 0.6 is 12.2 Å². The van der Waals surface area contributed by atoms with Crippen molar-refractivity contribution in [2.45, 2.75) is 11.8 Å². The second-order valence-electron chi connectivity index (χ2n) is 4.61. The highest BCUT2D eigenvalue weighted by atomic mass is 32.2. The van der Waals surface area contributed by atoms with Crippen LogP contribution in [-0.2, 0) is 9.84 Å². The van der Waals surface area contributed by atoms with Crippen LogP contribution in [0.2, 0.25) is 0 Å². The Morgan fingerprint density at radius 3 is 2.32 bits per heavy atom. The molecule has 0 amide bonds. The van der Waals surface area contributed by atoms with Crippen molar-refractivity contribution in [1.82, 2.24) is 0 Å². The van der Waals surface area contributed by atoms with Crippen LogP contribution in [0.1, 0.15) is 11.1 Å². The van der Waals surface area contributed by atoms with Crippen molar-refractivity contribution >= 4 is 33.1 Å². The smallest absolute Gasteiger partial charge is 0.198 e. The van der Waals surface area contributed by atoms with Crippen molar-refractivity contribution in [3.63, 3.8) is 0 Å². The molecule has 0 spiro atoms. The average Bonchev–Trinajstić information content (AvgIpc) is 2.53. The molecule has 0 radical (unpaired) electrons. The highest BCUT2D eigenvalue weighted by molar-refractivity contribution is 7.91. The van der Waals surface area contributed by atoms with Gasteiger partial charge < -0.3 is 0 Å². The summed E-state index contributed by atoms with van der Waals surface area (Å²) in [5, 5.41) is 2.23. The fourth-order valence-electron chi connectivity index (χ4n) is 1.79. The summed E-state index contributed by atoms with van der Waals surface area (Å²) >= 11 is 4.60. The molecule has 0 aliphatic heterocycles. The first-order chi connectivity index (χ1) is 10.5. The van der Waals surface area contributed by atoms with Crippen molar-refractivity contribution in [2.75, 3.05) is 5.88 Å². The fraction of sp³-hybridized carbons (Fsp3) is 0.125. The van der Waals surface area contributed by atoms with Gasteiger partial charge in [0.2, 0.25) is 0 Å². The first kappa shape index (κ1) is 16.2. The first-order valence-corrected chi connectivity index (χ1v) is 8.56. The number of isothiocyanates is 1. The lowest BCUT2D eigenvalue weighted by Crippen LogP contribution is -2.08. The monoisotopic (exact) mass is 330 g/mol. The number of aliphatic imine (C=N–C) groups is 2. The Labute approximate surface area is 135 Å². The van der Waals surface area contributed by atoms with Crippen LogP contribution in [0, 0.1) is 6.92 Å². The van der Waals surface area contributed by atoms with E-state index < -0.39 is 9.84 Å². The van der Waals surface area contributed by atoms with Gasteiger partial charge in [-0.2, -0.15) is 4.99 Å². The van der Waals surface area contributed by atoms with Gasteiger partial charge in [0.05, 0.1) is 10.1 Å². The summed E-state index contributed by atoms with van der Waals surface area (Å²) in [5.74, 6) is -0.132. The van der Waals surface area contributed by atoms with E-state index in [0.717, 1.165) is 5.56 Å². The number of hydrogen-bond donors (Lipinski definition) is 0. The van der Waals surface area contributed by atoms with Gasteiger partial charge in [-0.25, -0.2) is 13.4 Å². The topological polar surface area (TPSA) is 58.9 Å². The number of nitrogens with zero attached hydrogens (tertiary/aromatic N) is 2. The summed E-state index contributed by atoms with van der Waals surface area (Å²) in [4.78, 5) is 8.18. The summed E-state index contributed by atoms with van der Waals surface area (Å²) in [6, 6.07) is 15.7. The molecule has 0 saturated carbocycles. The van der Waals surface area contributed by atoms with E-state index in [4.69, 9.17) is 0 Å². The molecule has 0 atom stereocenters. The first-order valence-electron chi connectivity index (χ1n) is 6.50. The molecule has 112 valence electrons. The zero-order valence-corrected chi connectivity index (χ0v) is 13.6. The maximum Gasteiger partial charge on any atom is 0.198 e. The van der Waals surface area contributed by atoms with Crippen molar-refractivity contribution in [2.24, 2.45) is 9.98 Å². The Morgan fingerprint density at radius 2 is 1.73 bits per heavy atom. The lowest BCUT2D eigenvalue weighted by Gasteiger charge is -2.03. The zero-order valence-electron chi connectivity index (χ0n) is 11.9. The number of thiocarbonyl (C=S) groups is 1. The van der Waals surface area contributed by atoms with E-state index in [0.29, 0.717) is 5.56 Å². The number of aryl methyl sites for hydroxylation is 1. The highest BCUT2D eigenvalue weighted by Crippen LogP contribution is 2.13. The van der Waals surface area contributed by atoms with Crippen molar-refractivity contribution in [3.05, 3.63) is 65.7 Å². The Bertz CT molecular complexity index is 820. The van der Waals surface area contributed by atoms with Crippen LogP contribution < -0.4 is 0 Å². The second-order valence-corrected chi connectivity index (χ2v) is 6.75. The normalized spacial score (nSPS) is 11.8. The van der Waals surface area contributed by atoms with E-state index in [1.165, 1.54) is 0 Å². The Morgan fingerprint density at radius 1 is 1.09 bits per heavy atom. The third-order valence-corrected chi connectivity index (χ3v) is 4.50. The highest BCUT2D eigenvalue weighted by Gasteiger charge is 2.14. The van der Waals surface area contributed by atoms with Crippen LogP contribution in [0.5, 0.6) is 0 Å². The molecular weight excluding hydrogens is 316 g/mol. The van der Waals surface area contributed by atoms with Gasteiger partial charge in [0, 0.05) is 5.56 Å². The molecule has 4 nitrogen and oxygen atoms in total. The molecule has 0 aliphatic carbocycles. The minimum absolute atomic E-state index is 0.237. The second kappa shape index (κ2) is 7.22. The van der Waals surface area contributed by atoms with E-state index in [-0.39, 0.29) is 16.6 Å². The van der Waals surface area contributed by atoms with Gasteiger partial charge in [0.1, 0.15) is 5.88 Å². The number of amidine groups is 1. The summed E-state index contributed by atoms with van der Waals surface area (Å²) < 4.78 is 24.6. The molecule has 2 aromatic rings. The third kappa shape index (κ3) is 4.18. The molecular formula is C16H14N2O2S2. The Hall–Kier alpha value is -2.14. The summed E-state index contributed by atoms with van der Waals surface area (Å²) in [6.07, 6.45) is 0. The van der Waals surface area contributed by atoms with E-state index in [1.54, 1.807) is 36.4 Å². The van der Waals surface area contributed by atoms with Crippen molar-refractivity contribution in [3.8, 4) is 0 Å². The lowest BCUT2D eigenvalue weighted by molar-refractivity contribution is 0.596. The number of hydrogen-bond acceptors (Lipinski definition) is 4. The molecule has 0 saturated heterocycles. The van der Waals surface area contributed by atoms with E-state index in [1.807, 2.05) is 25.1 Å². The minimum Gasteiger partial charge on any atom is -0.249 e. The summed E-state index contributed by atoms with van der Waals surface area (Å²) in [7, 11) is -3.51. The maximum absolute atomic E-state index is 12.3. The summed E-state index contributed by atoms with van der Waals surface area (Å²) in [5.41, 5.74) is 1.69. The lowest BCUT2D eigenvalue weighted by atomic mass is 10.2. The number of rotatable bonds is 4. The van der Waals surface area contributed by atoms with Crippen LogP contribution in [0.25, 0.3) is 0 Å². The Kier molecular flexibility index (Phi) is 5.33. The minimum atomic E-state index is -3.51. The number of sulfone groups is 1. The quantitative estimate of drug-likeness (QED) is 0.491. The van der Waals surface area contributed by atoms with Gasteiger partial charge >= 0.3 is 0 Å². The molecule has 0 aromatic heterocycles. The van der Waals surface area contributed by atoms with Gasteiger partial charge in [-0.1, -0.05) is 48.0 Å². The van der Waals surface area contributed by atoms with Crippen LogP contribution in [0.15, 0.2) is 69.5 Å². The van der Waals surface area contributed by atoms with Gasteiger partial charge in [-0.3, -0.25) is 0 Å². The maximum atomic E-state index is 12.3. The van der Waals surface area contributed by atoms with E-state index in [9.17, 15) is 8.42 Å². The number of benzene rings is 2. The van der Waals surface area contributed by atoms with Gasteiger partial charge in [-0.15, -0.1) is 0 Å². The molecule has 0 bridgehead atoms. The predicted molar refractivity (Wildman–Crippen MR) is 91.2 cm³/mol. The molecule has 0 fully saturated rings. The van der Waals surface area contributed by atoms with Crippen LogP contribution in [0.4, 0.5) is 0 Å². The van der Waals surface area contributed by atoms with Gasteiger partial charge in [0.15, 0.2) is 15.7 Å². The van der Waals surface area contributed by atoms with Gasteiger partial charge in [-0.05, 0) is 31.3 Å². The molecule has 0 unspecified atom stereocenters. The van der Waals surface area contributed by atoms with Gasteiger partial charge in [0.25, 0.3) is 0 Å². The SMILES string of the molecule is Cc1ccc(S(=O)(=O)CN=C(N=C=S)c2ccccc2)cc1. The van der Waals surface area contributed by atoms with Crippen molar-refractivity contribution < 1.29 is 8.42 Å². The third-order valence-electron chi connectivity index (χ3n) is 2.95. The molecule has 22 heavy (non-hydrogen) atoms. The zero-order chi connectivity index (χ0) is 16.0. The molecule has 0 heterocycles. The van der Waals surface area contributed by atoms with E-state index in [2.05, 4.69) is 27.4 Å². The fourth-order valence-corrected chi connectivity index (χ4v) is 2.87. The summed E-state index contributed by atoms with van der Waals surface area (Å²) in [6.45, 7) is 1.90. The molecule has 2 rings (SSSR count). The molecule has 0 N–H and O–H groups in total. The van der Waals surface area contributed by atoms with E-state index >= 15 is 0 Å². The van der Waals surface area contributed by atoms with Crippen LogP contribution in [0.3, 0.4) is 0 Å². The standard InChI is InChI=1S/C16H14N2O2S2/c1-13-7-9-15(10-8-13)22(19,20)12-18-16(17-11-21)14-5-3-2-4-6-14/h2-10H,12H2,1H3. The largest absolute Gasteiger partial charge is 0.249 e. The molecule has 0 aliphatic rings.